The summed E-state index contributed by atoms with van der Waals surface area (Å²) in [6, 6.07) is 0. The van der Waals surface area contributed by atoms with Crippen LogP contribution in [0.4, 0.5) is 0 Å². The van der Waals surface area contributed by atoms with Crippen molar-refractivity contribution in [1.82, 2.24) is 10.6 Å². The Balaban J connectivity index is 3.11. The lowest BCUT2D eigenvalue weighted by atomic mass is 10.4. The first kappa shape index (κ1) is 15.3. The smallest absolute Gasteiger partial charge is 0.234 e. The summed E-state index contributed by atoms with van der Waals surface area (Å²) < 4.78 is 10.2. The van der Waals surface area contributed by atoms with Gasteiger partial charge in [-0.15, -0.1) is 0 Å². The fourth-order valence-corrected chi connectivity index (χ4v) is 1.05. The minimum absolute atomic E-state index is 0.00445. The number of rotatable bonds is 11. The fourth-order valence-electron chi connectivity index (χ4n) is 1.05. The third-order valence-corrected chi connectivity index (χ3v) is 1.98. The predicted molar refractivity (Wildman–Crippen MR) is 63.5 cm³/mol. The highest BCUT2D eigenvalue weighted by Crippen LogP contribution is 1.86. The molecule has 0 radical (unpaired) electrons. The third-order valence-electron chi connectivity index (χ3n) is 1.98. The van der Waals surface area contributed by atoms with Crippen LogP contribution in [0.1, 0.15) is 19.8 Å². The number of hydrogen-bond acceptors (Lipinski definition) is 4. The van der Waals surface area contributed by atoms with E-state index in [9.17, 15) is 4.79 Å². The molecule has 0 aliphatic heterocycles. The molecule has 5 nitrogen and oxygen atoms in total. The Bertz CT molecular complexity index is 165. The molecule has 0 aromatic heterocycles. The average Bonchev–Trinajstić information content (AvgIpc) is 2.29. The summed E-state index contributed by atoms with van der Waals surface area (Å²) in [4.78, 5) is 11.2. The molecule has 0 fully saturated rings. The van der Waals surface area contributed by atoms with Crippen molar-refractivity contribution in [2.75, 3.05) is 46.6 Å². The van der Waals surface area contributed by atoms with Gasteiger partial charge >= 0.3 is 0 Å². The van der Waals surface area contributed by atoms with Crippen molar-refractivity contribution in [1.29, 1.82) is 0 Å². The number of hydrogen-bond donors (Lipinski definition) is 2. The molecule has 0 unspecified atom stereocenters. The third kappa shape index (κ3) is 11.4. The van der Waals surface area contributed by atoms with Gasteiger partial charge in [0, 0.05) is 26.8 Å². The molecule has 0 aliphatic rings. The van der Waals surface area contributed by atoms with Gasteiger partial charge in [0.1, 0.15) is 0 Å². The van der Waals surface area contributed by atoms with Crippen LogP contribution >= 0.6 is 0 Å². The average molecular weight is 232 g/mol. The van der Waals surface area contributed by atoms with Crippen molar-refractivity contribution in [2.45, 2.75) is 19.8 Å². The molecule has 0 spiro atoms. The zero-order chi connectivity index (χ0) is 12.1. The van der Waals surface area contributed by atoms with E-state index in [-0.39, 0.29) is 5.91 Å². The van der Waals surface area contributed by atoms with E-state index in [1.165, 1.54) is 0 Å². The van der Waals surface area contributed by atoms with Crippen LogP contribution < -0.4 is 10.6 Å². The van der Waals surface area contributed by atoms with Crippen LogP contribution in [0.2, 0.25) is 0 Å². The monoisotopic (exact) mass is 232 g/mol. The van der Waals surface area contributed by atoms with Crippen molar-refractivity contribution in [3.8, 4) is 0 Å². The lowest BCUT2D eigenvalue weighted by molar-refractivity contribution is -0.120. The molecule has 16 heavy (non-hydrogen) atoms. The van der Waals surface area contributed by atoms with Gasteiger partial charge in [0.2, 0.25) is 5.91 Å². The Kier molecular flexibility index (Phi) is 11.9. The lowest BCUT2D eigenvalue weighted by Gasteiger charge is -2.07. The summed E-state index contributed by atoms with van der Waals surface area (Å²) in [7, 11) is 1.63. The van der Waals surface area contributed by atoms with Crippen LogP contribution in [0, 0.1) is 0 Å². The normalized spacial score (nSPS) is 10.4. The molecule has 0 bridgehead atoms. The number of unbranched alkanes of at least 4 members (excludes halogenated alkanes) is 1. The zero-order valence-electron chi connectivity index (χ0n) is 10.4. The molecule has 96 valence electrons. The molecule has 0 saturated carbocycles. The van der Waals surface area contributed by atoms with Gasteiger partial charge in [0.05, 0.1) is 19.8 Å². The van der Waals surface area contributed by atoms with Gasteiger partial charge in [0.25, 0.3) is 0 Å². The minimum atomic E-state index is -0.00445. The summed E-state index contributed by atoms with van der Waals surface area (Å²) in [5.74, 6) is -0.00445. The maximum Gasteiger partial charge on any atom is 0.234 e. The first-order valence-electron chi connectivity index (χ1n) is 5.85. The highest BCUT2D eigenvalue weighted by molar-refractivity contribution is 5.77. The van der Waals surface area contributed by atoms with Gasteiger partial charge in [-0.1, -0.05) is 13.3 Å². The van der Waals surface area contributed by atoms with E-state index in [2.05, 4.69) is 17.6 Å². The van der Waals surface area contributed by atoms with Gasteiger partial charge in [-0.3, -0.25) is 4.79 Å². The first-order valence-corrected chi connectivity index (χ1v) is 5.85. The predicted octanol–water partition coefficient (Wildman–Crippen LogP) is 0.155. The lowest BCUT2D eigenvalue weighted by Crippen LogP contribution is -2.36. The summed E-state index contributed by atoms with van der Waals surface area (Å²) in [6.07, 6.45) is 2.21. The molecular weight excluding hydrogens is 208 g/mol. The van der Waals surface area contributed by atoms with E-state index in [4.69, 9.17) is 9.47 Å². The van der Waals surface area contributed by atoms with E-state index < -0.39 is 0 Å². The second-order valence-electron chi connectivity index (χ2n) is 3.49. The zero-order valence-corrected chi connectivity index (χ0v) is 10.4. The summed E-state index contributed by atoms with van der Waals surface area (Å²) in [6.45, 7) is 5.70. The summed E-state index contributed by atoms with van der Waals surface area (Å²) in [5.41, 5.74) is 0. The molecule has 1 amide bonds. The molecule has 0 saturated heterocycles. The van der Waals surface area contributed by atoms with Gasteiger partial charge in [-0.25, -0.2) is 0 Å². The second kappa shape index (κ2) is 12.4. The van der Waals surface area contributed by atoms with Crippen molar-refractivity contribution in [3.63, 3.8) is 0 Å². The van der Waals surface area contributed by atoms with Gasteiger partial charge < -0.3 is 20.1 Å². The Morgan fingerprint density at radius 3 is 2.69 bits per heavy atom. The van der Waals surface area contributed by atoms with Gasteiger partial charge in [0.15, 0.2) is 0 Å². The molecule has 2 N–H and O–H groups in total. The Morgan fingerprint density at radius 1 is 1.19 bits per heavy atom. The number of ether oxygens (including phenoxy) is 2. The number of nitrogens with one attached hydrogen (secondary N) is 2. The molecule has 0 heterocycles. The second-order valence-corrected chi connectivity index (χ2v) is 3.49. The van der Waals surface area contributed by atoms with E-state index in [1.54, 1.807) is 7.11 Å². The van der Waals surface area contributed by atoms with Crippen molar-refractivity contribution < 1.29 is 14.3 Å². The SMILES string of the molecule is CCCCOCCNC(=O)CNCCOC. The molecule has 0 aromatic rings. The summed E-state index contributed by atoms with van der Waals surface area (Å²) in [5, 5.41) is 5.74. The largest absolute Gasteiger partial charge is 0.383 e. The standard InChI is InChI=1S/C11H24N2O3/c1-3-4-7-16-9-6-13-11(14)10-12-5-8-15-2/h12H,3-10H2,1-2H3,(H,13,14). The van der Waals surface area contributed by atoms with Crippen LogP contribution in [0.15, 0.2) is 0 Å². The quantitative estimate of drug-likeness (QED) is 0.498. The molecule has 0 aromatic carbocycles. The van der Waals surface area contributed by atoms with Gasteiger partial charge in [-0.05, 0) is 6.42 Å². The molecule has 0 atom stereocenters. The molecule has 5 heteroatoms. The number of amides is 1. The van der Waals surface area contributed by atoms with Crippen LogP contribution in [0.3, 0.4) is 0 Å². The van der Waals surface area contributed by atoms with E-state index in [1.807, 2.05) is 0 Å². The molecule has 0 rings (SSSR count). The van der Waals surface area contributed by atoms with E-state index >= 15 is 0 Å². The Morgan fingerprint density at radius 2 is 2.00 bits per heavy atom. The van der Waals surface area contributed by atoms with Crippen LogP contribution in [-0.4, -0.2) is 52.5 Å². The van der Waals surface area contributed by atoms with Crippen molar-refractivity contribution >= 4 is 5.91 Å². The Hall–Kier alpha value is -0.650. The summed E-state index contributed by atoms with van der Waals surface area (Å²) >= 11 is 0. The maximum absolute atomic E-state index is 11.2. The topological polar surface area (TPSA) is 59.6 Å². The van der Waals surface area contributed by atoms with E-state index in [0.29, 0.717) is 32.8 Å². The first-order chi connectivity index (χ1) is 7.81. The number of carbonyl (C=O) groups excluding carboxylic acids is 1. The highest BCUT2D eigenvalue weighted by atomic mass is 16.5. The van der Waals surface area contributed by atoms with E-state index in [0.717, 1.165) is 19.4 Å². The fraction of sp³-hybridized carbons (Fsp3) is 0.909. The van der Waals surface area contributed by atoms with Crippen LogP contribution in [-0.2, 0) is 14.3 Å². The number of methoxy groups -OCH3 is 1. The molecule has 0 aliphatic carbocycles. The minimum Gasteiger partial charge on any atom is -0.383 e. The molecular formula is C11H24N2O3. The van der Waals surface area contributed by atoms with Crippen LogP contribution in [0.25, 0.3) is 0 Å². The van der Waals surface area contributed by atoms with Crippen LogP contribution in [0.5, 0.6) is 0 Å². The van der Waals surface area contributed by atoms with Gasteiger partial charge in [-0.2, -0.15) is 0 Å². The highest BCUT2D eigenvalue weighted by Gasteiger charge is 1.98. The maximum atomic E-state index is 11.2. The Labute approximate surface area is 97.9 Å². The van der Waals surface area contributed by atoms with Crippen molar-refractivity contribution in [3.05, 3.63) is 0 Å². The van der Waals surface area contributed by atoms with Crippen molar-refractivity contribution in [2.24, 2.45) is 0 Å². The number of carbonyl (C=O) groups is 1.